The Labute approximate surface area is 228 Å². The van der Waals surface area contributed by atoms with E-state index in [1.54, 1.807) is 0 Å². The molecule has 39 heavy (non-hydrogen) atoms. The number of aryl methyl sites for hydroxylation is 2. The van der Waals surface area contributed by atoms with Crippen LogP contribution in [0.4, 0.5) is 11.4 Å². The minimum Gasteiger partial charge on any atom is -0.465 e. The van der Waals surface area contributed by atoms with Gasteiger partial charge in [0, 0.05) is 24.5 Å². The number of anilines is 2. The summed E-state index contributed by atoms with van der Waals surface area (Å²) in [7, 11) is 2.80. The Kier molecular flexibility index (Phi) is 6.10. The third kappa shape index (κ3) is 4.32. The number of esters is 2. The van der Waals surface area contributed by atoms with Crippen molar-refractivity contribution in [2.75, 3.05) is 30.7 Å². The highest BCUT2D eigenvalue weighted by Crippen LogP contribution is 2.44. The smallest absolute Gasteiger partial charge is 0.337 e. The van der Waals surface area contributed by atoms with Crippen LogP contribution in [-0.2, 0) is 22.6 Å². The quantitative estimate of drug-likeness (QED) is 0.287. The van der Waals surface area contributed by atoms with Crippen LogP contribution >= 0.6 is 0 Å². The number of ether oxygens (including phenoxy) is 2. The van der Waals surface area contributed by atoms with Gasteiger partial charge in [0.25, 0.3) is 0 Å². The molecular formula is C33H30N2O4. The first-order valence-corrected chi connectivity index (χ1v) is 13.0. The lowest BCUT2D eigenvalue weighted by atomic mass is 9.91. The van der Waals surface area contributed by atoms with E-state index in [2.05, 4.69) is 47.9 Å². The number of benzene rings is 4. The second kappa shape index (κ2) is 9.62. The van der Waals surface area contributed by atoms with Gasteiger partial charge in [-0.05, 0) is 107 Å². The molecule has 0 saturated heterocycles. The van der Waals surface area contributed by atoms with Gasteiger partial charge in [0.15, 0.2) is 0 Å². The summed E-state index contributed by atoms with van der Waals surface area (Å²) in [6.07, 6.45) is 0. The number of carbonyl (C=O) groups is 2. The van der Waals surface area contributed by atoms with Crippen molar-refractivity contribution in [2.45, 2.75) is 26.9 Å². The second-order valence-electron chi connectivity index (χ2n) is 10.3. The zero-order chi connectivity index (χ0) is 27.3. The summed E-state index contributed by atoms with van der Waals surface area (Å²) < 4.78 is 9.68. The molecule has 2 aliphatic rings. The summed E-state index contributed by atoms with van der Waals surface area (Å²) in [5.74, 6) is -0.654. The highest BCUT2D eigenvalue weighted by molar-refractivity contribution is 5.91. The van der Waals surface area contributed by atoms with Crippen LogP contribution in [0.3, 0.4) is 0 Å². The lowest BCUT2D eigenvalue weighted by Crippen LogP contribution is -2.46. The van der Waals surface area contributed by atoms with Crippen LogP contribution in [0.25, 0.3) is 22.3 Å². The lowest BCUT2D eigenvalue weighted by Gasteiger charge is -2.46. The van der Waals surface area contributed by atoms with E-state index < -0.39 is 0 Å². The van der Waals surface area contributed by atoms with Crippen molar-refractivity contribution in [3.05, 3.63) is 106 Å². The van der Waals surface area contributed by atoms with Crippen LogP contribution in [0.5, 0.6) is 0 Å². The monoisotopic (exact) mass is 518 g/mol. The number of methoxy groups -OCH3 is 2. The first kappa shape index (κ1) is 24.7. The molecule has 196 valence electrons. The van der Waals surface area contributed by atoms with Gasteiger partial charge in [-0.3, -0.25) is 0 Å². The molecule has 0 N–H and O–H groups in total. The molecule has 0 radical (unpaired) electrons. The molecular weight excluding hydrogens is 488 g/mol. The Morgan fingerprint density at radius 2 is 0.974 bits per heavy atom. The van der Waals surface area contributed by atoms with Gasteiger partial charge in [0.2, 0.25) is 0 Å². The summed E-state index contributed by atoms with van der Waals surface area (Å²) in [5, 5.41) is 0. The van der Waals surface area contributed by atoms with Gasteiger partial charge < -0.3 is 19.3 Å². The molecule has 6 heteroatoms. The molecule has 4 aromatic rings. The number of rotatable bonds is 4. The third-order valence-corrected chi connectivity index (χ3v) is 7.73. The molecule has 4 aromatic carbocycles. The number of hydrogen-bond donors (Lipinski definition) is 0. The topological polar surface area (TPSA) is 59.1 Å². The maximum absolute atomic E-state index is 11.8. The van der Waals surface area contributed by atoms with E-state index in [0.29, 0.717) is 11.1 Å². The second-order valence-corrected chi connectivity index (χ2v) is 10.3. The first-order chi connectivity index (χ1) is 18.9. The van der Waals surface area contributed by atoms with Crippen LogP contribution in [0.1, 0.15) is 43.0 Å². The van der Waals surface area contributed by atoms with E-state index in [1.165, 1.54) is 47.8 Å². The third-order valence-electron chi connectivity index (χ3n) is 7.73. The molecule has 6 nitrogen and oxygen atoms in total. The molecule has 0 amide bonds. The lowest BCUT2D eigenvalue weighted by molar-refractivity contribution is 0.0592. The van der Waals surface area contributed by atoms with Gasteiger partial charge >= 0.3 is 11.9 Å². The highest BCUT2D eigenvalue weighted by atomic mass is 16.5. The Bertz CT molecular complexity index is 1490. The van der Waals surface area contributed by atoms with Crippen LogP contribution in [0, 0.1) is 13.8 Å². The van der Waals surface area contributed by atoms with Gasteiger partial charge in [-0.15, -0.1) is 0 Å². The zero-order valence-electron chi connectivity index (χ0n) is 22.6. The zero-order valence-corrected chi connectivity index (χ0v) is 22.6. The summed E-state index contributed by atoms with van der Waals surface area (Å²) in [5.41, 5.74) is 13.3. The molecule has 0 spiro atoms. The van der Waals surface area contributed by atoms with Crippen LogP contribution < -0.4 is 9.80 Å². The molecule has 0 saturated carbocycles. The summed E-state index contributed by atoms with van der Waals surface area (Å²) in [6.45, 7) is 6.90. The molecule has 0 atom stereocenters. The van der Waals surface area contributed by atoms with Crippen molar-refractivity contribution >= 4 is 23.3 Å². The Morgan fingerprint density at radius 1 is 0.590 bits per heavy atom. The van der Waals surface area contributed by atoms with Crippen LogP contribution in [0.15, 0.2) is 72.8 Å². The Balaban J connectivity index is 1.32. The van der Waals surface area contributed by atoms with Gasteiger partial charge in [0.05, 0.1) is 32.0 Å². The molecule has 0 aromatic heterocycles. The SMILES string of the molecule is COC(=O)c1ccc(-c2cc(C)c3c(c2)CN2CN3Cc3cc(-c4ccc(C(=O)OC)cc4)cc(C)c32)cc1. The van der Waals surface area contributed by atoms with E-state index >= 15 is 0 Å². The number of fused-ring (bicyclic) bond motifs is 6. The van der Waals surface area contributed by atoms with Crippen molar-refractivity contribution in [1.29, 1.82) is 0 Å². The fourth-order valence-electron chi connectivity index (χ4n) is 6.03. The highest BCUT2D eigenvalue weighted by Gasteiger charge is 2.32. The maximum Gasteiger partial charge on any atom is 0.337 e. The average molecular weight is 519 g/mol. The summed E-state index contributed by atoms with van der Waals surface area (Å²) >= 11 is 0. The van der Waals surface area contributed by atoms with E-state index in [0.717, 1.165) is 42.0 Å². The van der Waals surface area contributed by atoms with Gasteiger partial charge in [-0.1, -0.05) is 24.3 Å². The van der Waals surface area contributed by atoms with Gasteiger partial charge in [-0.2, -0.15) is 0 Å². The van der Waals surface area contributed by atoms with Gasteiger partial charge in [0.1, 0.15) is 0 Å². The van der Waals surface area contributed by atoms with Crippen molar-refractivity contribution in [3.8, 4) is 22.3 Å². The number of carbonyl (C=O) groups excluding carboxylic acids is 2. The first-order valence-electron chi connectivity index (χ1n) is 13.0. The van der Waals surface area contributed by atoms with E-state index in [4.69, 9.17) is 9.47 Å². The molecule has 2 bridgehead atoms. The van der Waals surface area contributed by atoms with Crippen LogP contribution in [-0.4, -0.2) is 32.8 Å². The molecule has 6 rings (SSSR count). The molecule has 2 aliphatic heterocycles. The van der Waals surface area contributed by atoms with Crippen molar-refractivity contribution < 1.29 is 19.1 Å². The standard InChI is InChI=1S/C33H30N2O4/c1-20-13-26(22-5-9-24(10-6-22)32(36)38-3)15-28-17-35-19-34(30(20)28)18-29-16-27(14-21(2)31(29)35)23-7-11-25(12-8-23)33(37)39-4/h5-16H,17-19H2,1-4H3. The summed E-state index contributed by atoms with van der Waals surface area (Å²) in [4.78, 5) is 28.6. The van der Waals surface area contributed by atoms with E-state index in [1.807, 2.05) is 48.5 Å². The molecule has 0 aliphatic carbocycles. The Hall–Kier alpha value is -4.58. The molecule has 2 heterocycles. The van der Waals surface area contributed by atoms with Crippen molar-refractivity contribution in [2.24, 2.45) is 0 Å². The van der Waals surface area contributed by atoms with Crippen LogP contribution in [0.2, 0.25) is 0 Å². The average Bonchev–Trinajstić information content (AvgIpc) is 2.95. The predicted molar refractivity (Wildman–Crippen MR) is 153 cm³/mol. The van der Waals surface area contributed by atoms with Crippen molar-refractivity contribution in [3.63, 3.8) is 0 Å². The van der Waals surface area contributed by atoms with E-state index in [9.17, 15) is 9.59 Å². The number of hydrogen-bond acceptors (Lipinski definition) is 6. The largest absolute Gasteiger partial charge is 0.465 e. The predicted octanol–water partition coefficient (Wildman–Crippen LogP) is 6.51. The maximum atomic E-state index is 11.8. The fourth-order valence-corrected chi connectivity index (χ4v) is 6.03. The summed E-state index contributed by atoms with van der Waals surface area (Å²) in [6, 6.07) is 24.2. The van der Waals surface area contributed by atoms with Crippen molar-refractivity contribution in [1.82, 2.24) is 0 Å². The van der Waals surface area contributed by atoms with E-state index in [-0.39, 0.29) is 11.9 Å². The number of nitrogens with zero attached hydrogens (tertiary/aromatic N) is 2. The van der Waals surface area contributed by atoms with Gasteiger partial charge in [-0.25, -0.2) is 9.59 Å². The fraction of sp³-hybridized carbons (Fsp3) is 0.212. The minimum atomic E-state index is -0.327. The molecule has 0 fully saturated rings. The molecule has 0 unspecified atom stereocenters. The Morgan fingerprint density at radius 3 is 1.33 bits per heavy atom. The normalized spacial score (nSPS) is 13.4. The minimum absolute atomic E-state index is 0.327.